The standard InChI is InChI=1S/C21H25N5O3/c1-2-13-6-8-14(9-7-13)22-19(28)15-12-16(27)23-18-17(15)20(29)25-21(24-18)26-10-4-3-5-11-26/h6-9,15H,2-5,10-12H2,1H3,(H,22,28)(H2,23,24,25,27,29)/t15-/m1/s1. The molecule has 0 bridgehead atoms. The summed E-state index contributed by atoms with van der Waals surface area (Å²) in [5.74, 6) is -0.946. The highest BCUT2D eigenvalue weighted by Crippen LogP contribution is 2.30. The second kappa shape index (κ2) is 8.06. The Hall–Kier alpha value is -3.16. The largest absolute Gasteiger partial charge is 0.342 e. The van der Waals surface area contributed by atoms with Crippen LogP contribution in [0.3, 0.4) is 0 Å². The van der Waals surface area contributed by atoms with Crippen molar-refractivity contribution in [2.24, 2.45) is 0 Å². The molecule has 8 nitrogen and oxygen atoms in total. The van der Waals surface area contributed by atoms with E-state index >= 15 is 0 Å². The summed E-state index contributed by atoms with van der Waals surface area (Å²) < 4.78 is 0. The number of anilines is 3. The molecule has 2 aromatic rings. The van der Waals surface area contributed by atoms with Gasteiger partial charge in [-0.05, 0) is 43.4 Å². The molecule has 1 aromatic heterocycles. The van der Waals surface area contributed by atoms with Crippen LogP contribution in [-0.4, -0.2) is 34.9 Å². The van der Waals surface area contributed by atoms with Gasteiger partial charge in [-0.25, -0.2) is 0 Å². The highest BCUT2D eigenvalue weighted by Gasteiger charge is 2.35. The van der Waals surface area contributed by atoms with Gasteiger partial charge in [0.1, 0.15) is 5.82 Å². The molecule has 1 fully saturated rings. The van der Waals surface area contributed by atoms with E-state index in [0.29, 0.717) is 11.6 Å². The molecule has 3 heterocycles. The number of piperidine rings is 1. The number of carbonyl (C=O) groups is 2. The van der Waals surface area contributed by atoms with Crippen molar-refractivity contribution >= 4 is 29.3 Å². The number of fused-ring (bicyclic) bond motifs is 1. The third-order valence-corrected chi connectivity index (χ3v) is 5.54. The predicted molar refractivity (Wildman–Crippen MR) is 111 cm³/mol. The Kier molecular flexibility index (Phi) is 5.33. The molecule has 8 heteroatoms. The number of rotatable bonds is 4. The van der Waals surface area contributed by atoms with Crippen molar-refractivity contribution in [1.29, 1.82) is 0 Å². The molecule has 1 saturated heterocycles. The highest BCUT2D eigenvalue weighted by atomic mass is 16.2. The molecule has 2 aliphatic rings. The Bertz CT molecular complexity index is 977. The molecule has 152 valence electrons. The number of nitrogens with one attached hydrogen (secondary N) is 3. The normalized spacial score (nSPS) is 18.7. The van der Waals surface area contributed by atoms with E-state index in [1.807, 2.05) is 29.2 Å². The van der Waals surface area contributed by atoms with Crippen molar-refractivity contribution in [2.75, 3.05) is 28.6 Å². The molecular weight excluding hydrogens is 370 g/mol. The van der Waals surface area contributed by atoms with Crippen molar-refractivity contribution in [1.82, 2.24) is 9.97 Å². The summed E-state index contributed by atoms with van der Waals surface area (Å²) in [6.45, 7) is 3.68. The third-order valence-electron chi connectivity index (χ3n) is 5.54. The Morgan fingerprint density at radius 3 is 2.59 bits per heavy atom. The minimum absolute atomic E-state index is 0.0836. The second-order valence-electron chi connectivity index (χ2n) is 7.54. The van der Waals surface area contributed by atoms with Crippen LogP contribution in [-0.2, 0) is 16.0 Å². The zero-order valence-corrected chi connectivity index (χ0v) is 16.5. The number of aryl methyl sites for hydroxylation is 1. The molecule has 0 radical (unpaired) electrons. The number of nitrogens with zero attached hydrogens (tertiary/aromatic N) is 2. The van der Waals surface area contributed by atoms with E-state index in [0.717, 1.165) is 44.3 Å². The molecule has 0 unspecified atom stereocenters. The average Bonchev–Trinajstić information content (AvgIpc) is 2.74. The molecule has 0 saturated carbocycles. The molecule has 3 N–H and O–H groups in total. The molecule has 2 aliphatic heterocycles. The fourth-order valence-electron chi connectivity index (χ4n) is 3.89. The number of benzene rings is 1. The van der Waals surface area contributed by atoms with Gasteiger partial charge in [0.15, 0.2) is 0 Å². The first kappa shape index (κ1) is 19.2. The number of carbonyl (C=O) groups excluding carboxylic acids is 2. The van der Waals surface area contributed by atoms with Gasteiger partial charge in [-0.15, -0.1) is 0 Å². The van der Waals surface area contributed by atoms with Gasteiger partial charge < -0.3 is 15.5 Å². The minimum atomic E-state index is -0.878. The maximum Gasteiger partial charge on any atom is 0.258 e. The third kappa shape index (κ3) is 4.01. The van der Waals surface area contributed by atoms with Crippen LogP contribution < -0.4 is 21.1 Å². The molecule has 1 atom stereocenters. The van der Waals surface area contributed by atoms with Gasteiger partial charge in [0.2, 0.25) is 17.8 Å². The van der Waals surface area contributed by atoms with E-state index in [4.69, 9.17) is 0 Å². The second-order valence-corrected chi connectivity index (χ2v) is 7.54. The topological polar surface area (TPSA) is 107 Å². The lowest BCUT2D eigenvalue weighted by Crippen LogP contribution is -2.38. The number of H-pyrrole nitrogens is 1. The first-order valence-corrected chi connectivity index (χ1v) is 10.1. The number of hydrogen-bond acceptors (Lipinski definition) is 5. The van der Waals surface area contributed by atoms with Crippen LogP contribution in [0, 0.1) is 0 Å². The monoisotopic (exact) mass is 395 g/mol. The summed E-state index contributed by atoms with van der Waals surface area (Å²) >= 11 is 0. The van der Waals surface area contributed by atoms with Gasteiger partial charge in [0.25, 0.3) is 5.56 Å². The first-order chi connectivity index (χ1) is 14.0. The maximum atomic E-state index is 12.9. The fourth-order valence-corrected chi connectivity index (χ4v) is 3.89. The van der Waals surface area contributed by atoms with Crippen LogP contribution in [0.1, 0.15) is 49.7 Å². The number of amides is 2. The van der Waals surface area contributed by atoms with Gasteiger partial charge >= 0.3 is 0 Å². The highest BCUT2D eigenvalue weighted by molar-refractivity contribution is 6.04. The summed E-state index contributed by atoms with van der Waals surface area (Å²) in [5.41, 5.74) is 1.63. The zero-order chi connectivity index (χ0) is 20.4. The predicted octanol–water partition coefficient (Wildman–Crippen LogP) is 2.39. The summed E-state index contributed by atoms with van der Waals surface area (Å²) in [4.78, 5) is 47.2. The van der Waals surface area contributed by atoms with Crippen LogP contribution in [0.5, 0.6) is 0 Å². The Morgan fingerprint density at radius 1 is 1.17 bits per heavy atom. The Labute approximate surface area is 168 Å². The molecule has 4 rings (SSSR count). The van der Waals surface area contributed by atoms with Crippen LogP contribution in [0.15, 0.2) is 29.1 Å². The van der Waals surface area contributed by atoms with Gasteiger partial charge in [-0.1, -0.05) is 19.1 Å². The molecule has 29 heavy (non-hydrogen) atoms. The summed E-state index contributed by atoms with van der Waals surface area (Å²) in [6.07, 6.45) is 4.05. The van der Waals surface area contributed by atoms with Gasteiger partial charge in [0.05, 0.1) is 11.5 Å². The lowest BCUT2D eigenvalue weighted by molar-refractivity contribution is -0.123. The van der Waals surface area contributed by atoms with E-state index in [1.54, 1.807) is 0 Å². The van der Waals surface area contributed by atoms with Gasteiger partial charge in [-0.2, -0.15) is 4.98 Å². The van der Waals surface area contributed by atoms with E-state index < -0.39 is 5.92 Å². The van der Waals surface area contributed by atoms with Gasteiger partial charge in [-0.3, -0.25) is 19.4 Å². The van der Waals surface area contributed by atoms with Crippen molar-refractivity contribution in [3.63, 3.8) is 0 Å². The number of aromatic amines is 1. The molecule has 0 spiro atoms. The number of aromatic nitrogens is 2. The zero-order valence-electron chi connectivity index (χ0n) is 16.5. The quantitative estimate of drug-likeness (QED) is 0.737. The molecular formula is C21H25N5O3. The fraction of sp³-hybridized carbons (Fsp3) is 0.429. The van der Waals surface area contributed by atoms with Crippen LogP contribution in [0.25, 0.3) is 0 Å². The van der Waals surface area contributed by atoms with Crippen LogP contribution in [0.4, 0.5) is 17.5 Å². The van der Waals surface area contributed by atoms with E-state index in [2.05, 4.69) is 27.5 Å². The lowest BCUT2D eigenvalue weighted by atomic mass is 9.92. The Morgan fingerprint density at radius 2 is 1.90 bits per heavy atom. The van der Waals surface area contributed by atoms with Crippen molar-refractivity contribution in [2.45, 2.75) is 44.9 Å². The summed E-state index contributed by atoms with van der Waals surface area (Å²) in [6, 6.07) is 7.53. The van der Waals surface area contributed by atoms with E-state index in [1.165, 1.54) is 0 Å². The maximum absolute atomic E-state index is 12.9. The Balaban J connectivity index is 1.61. The first-order valence-electron chi connectivity index (χ1n) is 10.1. The van der Waals surface area contributed by atoms with Crippen LogP contribution in [0.2, 0.25) is 0 Å². The minimum Gasteiger partial charge on any atom is -0.342 e. The van der Waals surface area contributed by atoms with Crippen molar-refractivity contribution < 1.29 is 9.59 Å². The summed E-state index contributed by atoms with van der Waals surface area (Å²) in [7, 11) is 0. The van der Waals surface area contributed by atoms with E-state index in [9.17, 15) is 14.4 Å². The average molecular weight is 395 g/mol. The smallest absolute Gasteiger partial charge is 0.258 e. The van der Waals surface area contributed by atoms with E-state index in [-0.39, 0.29) is 35.2 Å². The van der Waals surface area contributed by atoms with Gasteiger partial charge in [0, 0.05) is 25.2 Å². The van der Waals surface area contributed by atoms with Crippen molar-refractivity contribution in [3.05, 3.63) is 45.7 Å². The lowest BCUT2D eigenvalue weighted by Gasteiger charge is -2.29. The SMILES string of the molecule is CCc1ccc(NC(=O)[C@@H]2CC(=O)Nc3nc(N4CCCCC4)[nH]c(=O)c32)cc1. The molecule has 0 aliphatic carbocycles. The van der Waals surface area contributed by atoms with Crippen molar-refractivity contribution in [3.8, 4) is 0 Å². The number of hydrogen-bond donors (Lipinski definition) is 3. The molecule has 2 amide bonds. The van der Waals surface area contributed by atoms with Crippen LogP contribution >= 0.6 is 0 Å². The molecule has 1 aromatic carbocycles. The summed E-state index contributed by atoms with van der Waals surface area (Å²) in [5, 5.41) is 5.49.